The minimum atomic E-state index is -0.512. The van der Waals surface area contributed by atoms with Crippen molar-refractivity contribution in [1.82, 2.24) is 19.9 Å². The van der Waals surface area contributed by atoms with Crippen LogP contribution in [0.15, 0.2) is 33.3 Å². The second-order valence-corrected chi connectivity index (χ2v) is 6.89. The van der Waals surface area contributed by atoms with Crippen molar-refractivity contribution >= 4 is 40.7 Å². The summed E-state index contributed by atoms with van der Waals surface area (Å²) in [6.45, 7) is 1.67. The molecule has 0 aromatic carbocycles. The number of nitrogens with one attached hydrogen (secondary N) is 1. The highest BCUT2D eigenvalue weighted by Crippen LogP contribution is 2.27. The van der Waals surface area contributed by atoms with E-state index in [1.54, 1.807) is 17.6 Å². The van der Waals surface area contributed by atoms with Crippen molar-refractivity contribution in [3.8, 4) is 10.7 Å². The van der Waals surface area contributed by atoms with Gasteiger partial charge < -0.3 is 15.6 Å². The van der Waals surface area contributed by atoms with Gasteiger partial charge in [-0.15, -0.1) is 21.5 Å². The van der Waals surface area contributed by atoms with Gasteiger partial charge in [0.25, 0.3) is 0 Å². The Morgan fingerprint density at radius 1 is 1.44 bits per heavy atom. The standard InChI is InChI=1S/C14H14N6O3S2/c1-8-5-11(19-23-8)16-12(22)7-25-14-18-17-13(9-3-2-4-24-9)20(14)6-10(15)21/h2-5H,6-7H2,1H3,(H2,15,21)(H,16,19,22). The van der Waals surface area contributed by atoms with E-state index in [0.29, 0.717) is 22.6 Å². The first-order valence-corrected chi connectivity index (χ1v) is 9.01. The maximum atomic E-state index is 12.0. The van der Waals surface area contributed by atoms with Crippen molar-refractivity contribution in [3.63, 3.8) is 0 Å². The highest BCUT2D eigenvalue weighted by atomic mass is 32.2. The van der Waals surface area contributed by atoms with Crippen LogP contribution in [0.4, 0.5) is 5.82 Å². The molecule has 0 saturated carbocycles. The SMILES string of the molecule is Cc1cc(NC(=O)CSc2nnc(-c3cccs3)n2CC(N)=O)no1. The molecule has 3 rings (SSSR count). The number of anilines is 1. The quantitative estimate of drug-likeness (QED) is 0.596. The van der Waals surface area contributed by atoms with Crippen molar-refractivity contribution in [2.75, 3.05) is 11.1 Å². The Morgan fingerprint density at radius 2 is 2.28 bits per heavy atom. The van der Waals surface area contributed by atoms with Gasteiger partial charge >= 0.3 is 0 Å². The van der Waals surface area contributed by atoms with Crippen LogP contribution in [0.5, 0.6) is 0 Å². The maximum absolute atomic E-state index is 12.0. The van der Waals surface area contributed by atoms with Gasteiger partial charge in [0.2, 0.25) is 11.8 Å². The average molecular weight is 378 g/mol. The fourth-order valence-electron chi connectivity index (χ4n) is 2.02. The third-order valence-electron chi connectivity index (χ3n) is 3.00. The summed E-state index contributed by atoms with van der Waals surface area (Å²) in [5.41, 5.74) is 5.32. The summed E-state index contributed by atoms with van der Waals surface area (Å²) in [4.78, 5) is 24.2. The number of hydrogen-bond acceptors (Lipinski definition) is 8. The Hall–Kier alpha value is -2.66. The summed E-state index contributed by atoms with van der Waals surface area (Å²) in [7, 11) is 0. The highest BCUT2D eigenvalue weighted by molar-refractivity contribution is 7.99. The van der Waals surface area contributed by atoms with Crippen LogP contribution in [-0.2, 0) is 16.1 Å². The number of nitrogens with zero attached hydrogens (tertiary/aromatic N) is 4. The van der Waals surface area contributed by atoms with Gasteiger partial charge in [-0.3, -0.25) is 14.2 Å². The molecule has 3 aromatic heterocycles. The minimum absolute atomic E-state index is 0.0628. The van der Waals surface area contributed by atoms with Gasteiger partial charge in [-0.1, -0.05) is 23.0 Å². The van der Waals surface area contributed by atoms with E-state index in [2.05, 4.69) is 20.7 Å². The summed E-state index contributed by atoms with van der Waals surface area (Å²) >= 11 is 2.63. The minimum Gasteiger partial charge on any atom is -0.368 e. The van der Waals surface area contributed by atoms with Gasteiger partial charge in [0.1, 0.15) is 12.3 Å². The highest BCUT2D eigenvalue weighted by Gasteiger charge is 2.18. The second kappa shape index (κ2) is 7.49. The van der Waals surface area contributed by atoms with Gasteiger partial charge in [0.15, 0.2) is 16.8 Å². The van der Waals surface area contributed by atoms with Crippen LogP contribution in [0, 0.1) is 6.92 Å². The number of rotatable bonds is 7. The van der Waals surface area contributed by atoms with E-state index in [0.717, 1.165) is 16.6 Å². The fraction of sp³-hybridized carbons (Fsp3) is 0.214. The molecular formula is C14H14N6O3S2. The summed E-state index contributed by atoms with van der Waals surface area (Å²) in [5, 5.41) is 16.8. The molecule has 3 N–H and O–H groups in total. The van der Waals surface area contributed by atoms with E-state index >= 15 is 0 Å². The molecule has 2 amide bonds. The molecule has 0 fully saturated rings. The number of aromatic nitrogens is 4. The molecule has 9 nitrogen and oxygen atoms in total. The van der Waals surface area contributed by atoms with Crippen LogP contribution >= 0.6 is 23.1 Å². The Kier molecular flexibility index (Phi) is 5.14. The van der Waals surface area contributed by atoms with Gasteiger partial charge in [-0.25, -0.2) is 0 Å². The molecule has 0 unspecified atom stereocenters. The second-order valence-electron chi connectivity index (χ2n) is 5.00. The van der Waals surface area contributed by atoms with Crippen LogP contribution < -0.4 is 11.1 Å². The van der Waals surface area contributed by atoms with Gasteiger partial charge in [-0.05, 0) is 18.4 Å². The zero-order valence-corrected chi connectivity index (χ0v) is 14.8. The van der Waals surface area contributed by atoms with E-state index in [1.807, 2.05) is 17.5 Å². The molecule has 0 bridgehead atoms. The summed E-state index contributed by atoms with van der Waals surface area (Å²) < 4.78 is 6.49. The van der Waals surface area contributed by atoms with Crippen LogP contribution in [-0.4, -0.2) is 37.5 Å². The van der Waals surface area contributed by atoms with Crippen molar-refractivity contribution in [2.24, 2.45) is 5.73 Å². The predicted octanol–water partition coefficient (Wildman–Crippen LogP) is 1.52. The molecule has 3 aromatic rings. The number of amides is 2. The molecule has 0 aliphatic carbocycles. The van der Waals surface area contributed by atoms with Gasteiger partial charge in [0.05, 0.1) is 10.6 Å². The van der Waals surface area contributed by atoms with Crippen molar-refractivity contribution in [1.29, 1.82) is 0 Å². The van der Waals surface area contributed by atoms with Crippen LogP contribution in [0.25, 0.3) is 10.7 Å². The van der Waals surface area contributed by atoms with E-state index in [9.17, 15) is 9.59 Å². The first-order valence-electron chi connectivity index (χ1n) is 7.14. The number of primary amides is 1. The van der Waals surface area contributed by atoms with E-state index < -0.39 is 5.91 Å². The third-order valence-corrected chi connectivity index (χ3v) is 4.83. The lowest BCUT2D eigenvalue weighted by Gasteiger charge is -2.06. The van der Waals surface area contributed by atoms with Gasteiger partial charge in [0, 0.05) is 6.07 Å². The number of carbonyl (C=O) groups is 2. The normalized spacial score (nSPS) is 10.8. The van der Waals surface area contributed by atoms with Crippen LogP contribution in [0.2, 0.25) is 0 Å². The Balaban J connectivity index is 1.71. The van der Waals surface area contributed by atoms with E-state index in [1.165, 1.54) is 11.3 Å². The molecule has 25 heavy (non-hydrogen) atoms. The smallest absolute Gasteiger partial charge is 0.237 e. The summed E-state index contributed by atoms with van der Waals surface area (Å²) in [6, 6.07) is 5.37. The first kappa shape index (κ1) is 17.2. The Bertz CT molecular complexity index is 886. The van der Waals surface area contributed by atoms with E-state index in [-0.39, 0.29) is 18.2 Å². The monoisotopic (exact) mass is 378 g/mol. The zero-order chi connectivity index (χ0) is 17.8. The topological polar surface area (TPSA) is 129 Å². The summed E-state index contributed by atoms with van der Waals surface area (Å²) in [6.07, 6.45) is 0. The molecule has 0 aliphatic rings. The van der Waals surface area contributed by atoms with Crippen molar-refractivity contribution in [2.45, 2.75) is 18.6 Å². The molecule has 0 spiro atoms. The molecular weight excluding hydrogens is 364 g/mol. The number of thiophene rings is 1. The lowest BCUT2D eigenvalue weighted by atomic mass is 10.4. The lowest BCUT2D eigenvalue weighted by Crippen LogP contribution is -2.20. The first-order chi connectivity index (χ1) is 12.0. The van der Waals surface area contributed by atoms with Gasteiger partial charge in [-0.2, -0.15) is 0 Å². The predicted molar refractivity (Wildman–Crippen MR) is 93.1 cm³/mol. The molecule has 11 heteroatoms. The van der Waals surface area contributed by atoms with E-state index in [4.69, 9.17) is 10.3 Å². The van der Waals surface area contributed by atoms with Crippen LogP contribution in [0.3, 0.4) is 0 Å². The molecule has 0 saturated heterocycles. The van der Waals surface area contributed by atoms with Crippen molar-refractivity contribution in [3.05, 3.63) is 29.3 Å². The largest absolute Gasteiger partial charge is 0.368 e. The van der Waals surface area contributed by atoms with Crippen LogP contribution in [0.1, 0.15) is 5.76 Å². The molecule has 0 radical (unpaired) electrons. The average Bonchev–Trinajstić information content (AvgIpc) is 3.27. The summed E-state index contributed by atoms with van der Waals surface area (Å²) in [5.74, 6) is 0.786. The molecule has 130 valence electrons. The molecule has 0 atom stereocenters. The molecule has 0 aliphatic heterocycles. The number of carbonyl (C=O) groups excluding carboxylic acids is 2. The maximum Gasteiger partial charge on any atom is 0.237 e. The number of aryl methyl sites for hydroxylation is 1. The number of nitrogens with two attached hydrogens (primary N) is 1. The number of thioether (sulfide) groups is 1. The number of hydrogen-bond donors (Lipinski definition) is 2. The fourth-order valence-corrected chi connectivity index (χ4v) is 3.47. The Morgan fingerprint density at radius 3 is 2.92 bits per heavy atom. The third kappa shape index (κ3) is 4.25. The molecule has 3 heterocycles. The van der Waals surface area contributed by atoms with Crippen molar-refractivity contribution < 1.29 is 14.1 Å². The lowest BCUT2D eigenvalue weighted by molar-refractivity contribution is -0.118. The zero-order valence-electron chi connectivity index (χ0n) is 13.1. The Labute approximate surface area is 150 Å².